The van der Waals surface area contributed by atoms with E-state index in [0.29, 0.717) is 17.3 Å². The maximum absolute atomic E-state index is 11.9. The van der Waals surface area contributed by atoms with Crippen LogP contribution in [0.4, 0.5) is 17.3 Å². The van der Waals surface area contributed by atoms with E-state index in [9.17, 15) is 4.79 Å². The number of para-hydroxylation sites is 1. The molecular formula is C26H29N7O. The highest BCUT2D eigenvalue weighted by atomic mass is 16.1. The van der Waals surface area contributed by atoms with Crippen LogP contribution in [0.15, 0.2) is 67.0 Å². The Hall–Kier alpha value is -3.91. The summed E-state index contributed by atoms with van der Waals surface area (Å²) in [7, 11) is 0. The van der Waals surface area contributed by atoms with Crippen LogP contribution in [0.5, 0.6) is 0 Å². The van der Waals surface area contributed by atoms with Crippen LogP contribution in [0.2, 0.25) is 0 Å². The van der Waals surface area contributed by atoms with Crippen LogP contribution in [0.25, 0.3) is 16.7 Å². The molecule has 0 radical (unpaired) electrons. The predicted molar refractivity (Wildman–Crippen MR) is 136 cm³/mol. The van der Waals surface area contributed by atoms with Gasteiger partial charge in [0.2, 0.25) is 5.95 Å². The summed E-state index contributed by atoms with van der Waals surface area (Å²) in [5, 5.41) is 4.09. The fraction of sp³-hybridized carbons (Fsp3) is 0.269. The second-order valence-corrected chi connectivity index (χ2v) is 8.53. The monoisotopic (exact) mass is 455 g/mol. The maximum atomic E-state index is 11.9. The minimum absolute atomic E-state index is 0.464. The topological polar surface area (TPSA) is 92.3 Å². The number of hydrogen-bond donors (Lipinski definition) is 2. The van der Waals surface area contributed by atoms with Crippen LogP contribution in [-0.4, -0.2) is 58.1 Å². The van der Waals surface area contributed by atoms with Gasteiger partial charge in [-0.15, -0.1) is 0 Å². The van der Waals surface area contributed by atoms with Crippen LogP contribution in [0, 0.1) is 0 Å². The van der Waals surface area contributed by atoms with E-state index in [4.69, 9.17) is 5.73 Å². The van der Waals surface area contributed by atoms with Crippen molar-refractivity contribution in [1.29, 1.82) is 0 Å². The number of carbonyl (C=O) groups excluding carboxylic acids is 1. The summed E-state index contributed by atoms with van der Waals surface area (Å²) in [6.07, 6.45) is 4.64. The maximum Gasteiger partial charge on any atom is 0.250 e. The van der Waals surface area contributed by atoms with Crippen molar-refractivity contribution in [3.8, 4) is 5.82 Å². The Bertz CT molecular complexity index is 1290. The van der Waals surface area contributed by atoms with Gasteiger partial charge >= 0.3 is 0 Å². The number of primary amides is 1. The Kier molecular flexibility index (Phi) is 6.14. The molecule has 1 aliphatic heterocycles. The average molecular weight is 456 g/mol. The lowest BCUT2D eigenvalue weighted by atomic mass is 10.2. The third kappa shape index (κ3) is 4.45. The highest BCUT2D eigenvalue weighted by Crippen LogP contribution is 2.25. The molecule has 8 nitrogen and oxygen atoms in total. The molecule has 174 valence electrons. The van der Waals surface area contributed by atoms with Crippen molar-refractivity contribution in [2.45, 2.75) is 13.3 Å². The summed E-state index contributed by atoms with van der Waals surface area (Å²) in [6.45, 7) is 7.74. The molecule has 0 aliphatic carbocycles. The minimum Gasteiger partial charge on any atom is -0.369 e. The molecule has 8 heteroatoms. The van der Waals surface area contributed by atoms with Gasteiger partial charge in [-0.3, -0.25) is 9.69 Å². The van der Waals surface area contributed by atoms with E-state index in [0.717, 1.165) is 42.8 Å². The van der Waals surface area contributed by atoms with Gasteiger partial charge in [0.05, 0.1) is 11.1 Å². The molecule has 3 heterocycles. The zero-order valence-corrected chi connectivity index (χ0v) is 19.3. The average Bonchev–Trinajstić information content (AvgIpc) is 3.26. The van der Waals surface area contributed by atoms with Gasteiger partial charge in [-0.1, -0.05) is 25.1 Å². The molecule has 0 bridgehead atoms. The van der Waals surface area contributed by atoms with Gasteiger partial charge in [-0.25, -0.2) is 4.98 Å². The molecule has 4 aromatic rings. The number of carbonyl (C=O) groups is 1. The van der Waals surface area contributed by atoms with Gasteiger partial charge in [-0.2, -0.15) is 4.98 Å². The number of hydrogen-bond acceptors (Lipinski definition) is 6. The molecule has 0 saturated carbocycles. The quantitative estimate of drug-likeness (QED) is 0.440. The van der Waals surface area contributed by atoms with Gasteiger partial charge < -0.3 is 20.5 Å². The number of nitrogens with one attached hydrogen (secondary N) is 1. The predicted octanol–water partition coefficient (Wildman–Crippen LogP) is 3.80. The van der Waals surface area contributed by atoms with Crippen LogP contribution in [0.3, 0.4) is 0 Å². The molecule has 2 aromatic carbocycles. The fourth-order valence-electron chi connectivity index (χ4n) is 4.54. The van der Waals surface area contributed by atoms with E-state index >= 15 is 0 Å². The third-order valence-electron chi connectivity index (χ3n) is 6.27. The Labute approximate surface area is 199 Å². The minimum atomic E-state index is -0.464. The zero-order valence-electron chi connectivity index (χ0n) is 19.3. The van der Waals surface area contributed by atoms with Crippen molar-refractivity contribution in [3.63, 3.8) is 0 Å². The van der Waals surface area contributed by atoms with Crippen molar-refractivity contribution in [3.05, 3.63) is 72.6 Å². The number of amides is 1. The number of nitrogens with two attached hydrogens (primary N) is 1. The Balaban J connectivity index is 1.33. The van der Waals surface area contributed by atoms with Gasteiger partial charge in [0.25, 0.3) is 5.91 Å². The summed E-state index contributed by atoms with van der Waals surface area (Å²) in [5.41, 5.74) is 9.07. The third-order valence-corrected chi connectivity index (χ3v) is 6.27. The molecule has 2 aromatic heterocycles. The summed E-state index contributed by atoms with van der Waals surface area (Å²) in [4.78, 5) is 25.9. The summed E-state index contributed by atoms with van der Waals surface area (Å²) in [5.74, 6) is 0.675. The van der Waals surface area contributed by atoms with Crippen LogP contribution >= 0.6 is 0 Å². The number of anilines is 3. The van der Waals surface area contributed by atoms with E-state index in [1.807, 2.05) is 34.9 Å². The summed E-state index contributed by atoms with van der Waals surface area (Å²) < 4.78 is 1.86. The highest BCUT2D eigenvalue weighted by Gasteiger charge is 2.17. The van der Waals surface area contributed by atoms with Crippen LogP contribution in [-0.2, 0) is 0 Å². The first-order valence-electron chi connectivity index (χ1n) is 11.7. The molecule has 1 amide bonds. The molecule has 1 saturated heterocycles. The standard InChI is InChI=1S/C26H29N7O/c1-2-13-31-14-16-32(17-15-31)20-9-7-19(8-10-20)29-26-28-12-11-24(30-26)33-18-22(25(27)34)21-5-3-4-6-23(21)33/h3-12,18H,2,13-17H2,1H3,(H2,27,34)(H,28,29,30). The lowest BCUT2D eigenvalue weighted by Gasteiger charge is -2.36. The molecule has 1 aliphatic rings. The van der Waals surface area contributed by atoms with E-state index in [1.54, 1.807) is 12.4 Å². The van der Waals surface area contributed by atoms with E-state index in [-0.39, 0.29) is 0 Å². The summed E-state index contributed by atoms with van der Waals surface area (Å²) >= 11 is 0. The molecule has 5 rings (SSSR count). The van der Waals surface area contributed by atoms with Gasteiger partial charge in [0.1, 0.15) is 5.82 Å². The first-order valence-corrected chi connectivity index (χ1v) is 11.7. The van der Waals surface area contributed by atoms with E-state index < -0.39 is 5.91 Å². The number of nitrogens with zero attached hydrogens (tertiary/aromatic N) is 5. The lowest BCUT2D eigenvalue weighted by Crippen LogP contribution is -2.46. The van der Waals surface area contributed by atoms with Gasteiger partial charge in [0.15, 0.2) is 0 Å². The van der Waals surface area contributed by atoms with Gasteiger partial charge in [0, 0.05) is 55.3 Å². The second-order valence-electron chi connectivity index (χ2n) is 8.53. The first-order chi connectivity index (χ1) is 16.6. The molecule has 1 fully saturated rings. The SMILES string of the molecule is CCCN1CCN(c2ccc(Nc3nccc(-n4cc(C(N)=O)c5ccccc54)n3)cc2)CC1. The van der Waals surface area contributed by atoms with Crippen molar-refractivity contribution in [2.75, 3.05) is 42.9 Å². The largest absolute Gasteiger partial charge is 0.369 e. The number of rotatable bonds is 7. The number of benzene rings is 2. The van der Waals surface area contributed by atoms with Crippen molar-refractivity contribution in [1.82, 2.24) is 19.4 Å². The normalized spacial score (nSPS) is 14.4. The molecule has 0 atom stereocenters. The number of fused-ring (bicyclic) bond motifs is 1. The highest BCUT2D eigenvalue weighted by molar-refractivity contribution is 6.06. The Morgan fingerprint density at radius 1 is 1.03 bits per heavy atom. The van der Waals surface area contributed by atoms with E-state index in [1.165, 1.54) is 18.7 Å². The summed E-state index contributed by atoms with van der Waals surface area (Å²) in [6, 6.07) is 17.8. The van der Waals surface area contributed by atoms with Crippen LogP contribution in [0.1, 0.15) is 23.7 Å². The van der Waals surface area contributed by atoms with Crippen molar-refractivity contribution in [2.24, 2.45) is 5.73 Å². The molecule has 34 heavy (non-hydrogen) atoms. The van der Waals surface area contributed by atoms with Crippen LogP contribution < -0.4 is 16.0 Å². The number of aromatic nitrogens is 3. The van der Waals surface area contributed by atoms with Gasteiger partial charge in [-0.05, 0) is 49.4 Å². The van der Waals surface area contributed by atoms with E-state index in [2.05, 4.69) is 56.3 Å². The second kappa shape index (κ2) is 9.52. The van der Waals surface area contributed by atoms with Crippen molar-refractivity contribution >= 4 is 34.1 Å². The Morgan fingerprint density at radius 2 is 1.79 bits per heavy atom. The fourth-order valence-corrected chi connectivity index (χ4v) is 4.54. The zero-order chi connectivity index (χ0) is 23.5. The smallest absolute Gasteiger partial charge is 0.250 e. The first kappa shape index (κ1) is 21.9. The lowest BCUT2D eigenvalue weighted by molar-refractivity contribution is 0.100. The number of piperazine rings is 1. The molecule has 3 N–H and O–H groups in total. The molecular weight excluding hydrogens is 426 g/mol. The molecule has 0 spiro atoms. The Morgan fingerprint density at radius 3 is 2.53 bits per heavy atom. The van der Waals surface area contributed by atoms with Crippen molar-refractivity contribution < 1.29 is 4.79 Å². The molecule has 0 unspecified atom stereocenters.